The average Bonchev–Trinajstić information content (AvgIpc) is 2.34. The first kappa shape index (κ1) is 17.7. The van der Waals surface area contributed by atoms with Gasteiger partial charge in [0.05, 0.1) is 0 Å². The lowest BCUT2D eigenvalue weighted by atomic mass is 9.76. The average molecular weight is 321 g/mol. The number of hydrogen-bond acceptors (Lipinski definition) is 2. The van der Waals surface area contributed by atoms with Crippen molar-refractivity contribution in [3.05, 3.63) is 35.6 Å². The molecule has 1 saturated heterocycles. The molecule has 0 aromatic heterocycles. The lowest BCUT2D eigenvalue weighted by Crippen LogP contribution is -2.47. The molecule has 20 heavy (non-hydrogen) atoms. The van der Waals surface area contributed by atoms with Crippen LogP contribution in [-0.2, 0) is 0 Å². The van der Waals surface area contributed by atoms with Gasteiger partial charge >= 0.3 is 0 Å². The molecule has 3 rings (SSSR count). The van der Waals surface area contributed by atoms with Gasteiger partial charge in [0.15, 0.2) is 0 Å². The number of hydrogen-bond donors (Lipinski definition) is 1. The molecule has 5 heteroatoms. The summed E-state index contributed by atoms with van der Waals surface area (Å²) in [6.07, 6.45) is 3.93. The van der Waals surface area contributed by atoms with E-state index in [2.05, 4.69) is 16.3 Å². The molecular formula is C15H23Cl2FN2. The quantitative estimate of drug-likeness (QED) is 0.918. The Labute approximate surface area is 132 Å². The predicted molar refractivity (Wildman–Crippen MR) is 85.4 cm³/mol. The van der Waals surface area contributed by atoms with Crippen molar-refractivity contribution in [1.29, 1.82) is 0 Å². The Morgan fingerprint density at radius 2 is 1.85 bits per heavy atom. The Morgan fingerprint density at radius 3 is 2.40 bits per heavy atom. The van der Waals surface area contributed by atoms with E-state index in [1.54, 1.807) is 12.1 Å². The van der Waals surface area contributed by atoms with Crippen LogP contribution in [0, 0.1) is 11.7 Å². The second-order valence-electron chi connectivity index (χ2n) is 5.48. The molecular weight excluding hydrogens is 298 g/mol. The molecule has 0 amide bonds. The lowest BCUT2D eigenvalue weighted by molar-refractivity contribution is 0.0835. The number of piperazine rings is 1. The first-order valence-corrected chi connectivity index (χ1v) is 7.05. The van der Waals surface area contributed by atoms with E-state index in [-0.39, 0.29) is 30.6 Å². The second kappa shape index (κ2) is 8.18. The smallest absolute Gasteiger partial charge is 0.123 e. The fourth-order valence-corrected chi connectivity index (χ4v) is 3.19. The Morgan fingerprint density at radius 1 is 1.15 bits per heavy atom. The van der Waals surface area contributed by atoms with E-state index in [9.17, 15) is 4.39 Å². The van der Waals surface area contributed by atoms with Gasteiger partial charge in [-0.2, -0.15) is 0 Å². The van der Waals surface area contributed by atoms with Gasteiger partial charge in [0.2, 0.25) is 0 Å². The maximum Gasteiger partial charge on any atom is 0.123 e. The maximum atomic E-state index is 13.4. The van der Waals surface area contributed by atoms with E-state index >= 15 is 0 Å². The van der Waals surface area contributed by atoms with Gasteiger partial charge in [0.1, 0.15) is 5.82 Å². The summed E-state index contributed by atoms with van der Waals surface area (Å²) < 4.78 is 13.4. The van der Waals surface area contributed by atoms with E-state index in [0.717, 1.165) is 32.1 Å². The van der Waals surface area contributed by atoms with Crippen molar-refractivity contribution in [3.63, 3.8) is 0 Å². The first-order valence-electron chi connectivity index (χ1n) is 7.05. The van der Waals surface area contributed by atoms with Crippen LogP contribution in [0.25, 0.3) is 0 Å². The molecule has 0 bridgehead atoms. The monoisotopic (exact) mass is 320 g/mol. The van der Waals surface area contributed by atoms with E-state index in [4.69, 9.17) is 0 Å². The molecule has 1 saturated carbocycles. The summed E-state index contributed by atoms with van der Waals surface area (Å²) in [6, 6.07) is 7.63. The molecule has 0 spiro atoms. The van der Waals surface area contributed by atoms with Gasteiger partial charge < -0.3 is 5.32 Å². The van der Waals surface area contributed by atoms with Crippen molar-refractivity contribution < 1.29 is 4.39 Å². The molecule has 114 valence electrons. The van der Waals surface area contributed by atoms with E-state index < -0.39 is 0 Å². The van der Waals surface area contributed by atoms with Gasteiger partial charge in [-0.3, -0.25) is 4.90 Å². The Balaban J connectivity index is 0.000001000. The van der Waals surface area contributed by atoms with Crippen LogP contribution >= 0.6 is 24.8 Å². The van der Waals surface area contributed by atoms with Crippen molar-refractivity contribution in [3.8, 4) is 0 Å². The van der Waals surface area contributed by atoms with E-state index in [1.807, 2.05) is 6.07 Å². The molecule has 1 aromatic rings. The molecule has 1 aliphatic heterocycles. The van der Waals surface area contributed by atoms with Crippen LogP contribution in [0.5, 0.6) is 0 Å². The van der Waals surface area contributed by atoms with E-state index in [0.29, 0.717) is 6.04 Å². The van der Waals surface area contributed by atoms with Crippen molar-refractivity contribution in [2.75, 3.05) is 26.2 Å². The van der Waals surface area contributed by atoms with Crippen molar-refractivity contribution >= 4 is 24.8 Å². The van der Waals surface area contributed by atoms with Gasteiger partial charge in [0, 0.05) is 32.2 Å². The van der Waals surface area contributed by atoms with Gasteiger partial charge in [-0.25, -0.2) is 4.39 Å². The van der Waals surface area contributed by atoms with Crippen LogP contribution in [0.3, 0.4) is 0 Å². The Hall–Kier alpha value is -0.350. The molecule has 2 aliphatic rings. The largest absolute Gasteiger partial charge is 0.314 e. The zero-order valence-corrected chi connectivity index (χ0v) is 13.2. The fourth-order valence-electron chi connectivity index (χ4n) is 3.19. The summed E-state index contributed by atoms with van der Waals surface area (Å²) >= 11 is 0. The van der Waals surface area contributed by atoms with E-state index in [1.165, 1.54) is 24.8 Å². The third-order valence-electron chi connectivity index (χ3n) is 4.33. The topological polar surface area (TPSA) is 15.3 Å². The highest BCUT2D eigenvalue weighted by molar-refractivity contribution is 5.85. The van der Waals surface area contributed by atoms with Gasteiger partial charge in [-0.15, -0.1) is 24.8 Å². The van der Waals surface area contributed by atoms with Crippen LogP contribution in [0.15, 0.2) is 24.3 Å². The van der Waals surface area contributed by atoms with Crippen LogP contribution in [0.1, 0.15) is 30.9 Å². The van der Waals surface area contributed by atoms with Crippen molar-refractivity contribution in [2.24, 2.45) is 5.92 Å². The summed E-state index contributed by atoms with van der Waals surface area (Å²) in [5.41, 5.74) is 1.17. The standard InChI is InChI=1S/C15H21FN2.2ClH/c16-14-6-2-5-13(11-14)15(12-3-1-4-12)18-9-7-17-8-10-18;;/h2,5-6,11-12,15,17H,1,3-4,7-10H2;2*1H/t15-;;/m1../s1. The number of benzene rings is 1. The fraction of sp³-hybridized carbons (Fsp3) is 0.600. The first-order chi connectivity index (χ1) is 8.84. The molecule has 1 heterocycles. The van der Waals surface area contributed by atoms with Crippen molar-refractivity contribution in [1.82, 2.24) is 10.2 Å². The van der Waals surface area contributed by atoms with Crippen LogP contribution in [-0.4, -0.2) is 31.1 Å². The normalized spacial score (nSPS) is 21.2. The second-order valence-corrected chi connectivity index (χ2v) is 5.48. The predicted octanol–water partition coefficient (Wildman–Crippen LogP) is 3.42. The highest BCUT2D eigenvalue weighted by Gasteiger charge is 2.33. The molecule has 2 fully saturated rings. The van der Waals surface area contributed by atoms with Gasteiger partial charge in [-0.1, -0.05) is 18.6 Å². The molecule has 2 nitrogen and oxygen atoms in total. The summed E-state index contributed by atoms with van der Waals surface area (Å²) in [6.45, 7) is 4.27. The number of nitrogens with one attached hydrogen (secondary N) is 1. The minimum Gasteiger partial charge on any atom is -0.314 e. The summed E-state index contributed by atoms with van der Waals surface area (Å²) in [5.74, 6) is 0.622. The zero-order chi connectivity index (χ0) is 12.4. The molecule has 1 atom stereocenters. The highest BCUT2D eigenvalue weighted by atomic mass is 35.5. The maximum absolute atomic E-state index is 13.4. The van der Waals surface area contributed by atoms with Gasteiger partial charge in [-0.05, 0) is 36.5 Å². The molecule has 1 N–H and O–H groups in total. The Kier molecular flexibility index (Phi) is 7.24. The third kappa shape index (κ3) is 3.85. The number of halogens is 3. The van der Waals surface area contributed by atoms with Crippen LogP contribution in [0.2, 0.25) is 0 Å². The SMILES string of the molecule is Cl.Cl.Fc1cccc([C@@H](C2CCC2)N2CCNCC2)c1. The van der Waals surface area contributed by atoms with Crippen LogP contribution < -0.4 is 5.32 Å². The minimum absolute atomic E-state index is 0. The Bertz CT molecular complexity index is 407. The number of rotatable bonds is 3. The number of nitrogens with zero attached hydrogens (tertiary/aromatic N) is 1. The summed E-state index contributed by atoms with van der Waals surface area (Å²) in [7, 11) is 0. The molecule has 0 unspecified atom stereocenters. The van der Waals surface area contributed by atoms with Crippen molar-refractivity contribution in [2.45, 2.75) is 25.3 Å². The molecule has 1 aliphatic carbocycles. The van der Waals surface area contributed by atoms with Gasteiger partial charge in [0.25, 0.3) is 0 Å². The lowest BCUT2D eigenvalue weighted by Gasteiger charge is -2.43. The zero-order valence-electron chi connectivity index (χ0n) is 11.6. The summed E-state index contributed by atoms with van der Waals surface area (Å²) in [4.78, 5) is 2.54. The molecule has 0 radical (unpaired) electrons. The van der Waals surface area contributed by atoms with Crippen LogP contribution in [0.4, 0.5) is 4.39 Å². The minimum atomic E-state index is -0.105. The highest BCUT2D eigenvalue weighted by Crippen LogP contribution is 2.41. The molecule has 1 aromatic carbocycles. The summed E-state index contributed by atoms with van der Waals surface area (Å²) in [5, 5.41) is 3.39. The third-order valence-corrected chi connectivity index (χ3v) is 4.33.